The van der Waals surface area contributed by atoms with E-state index in [4.69, 9.17) is 0 Å². The molecule has 0 unspecified atom stereocenters. The summed E-state index contributed by atoms with van der Waals surface area (Å²) < 4.78 is 26.3. The number of hydrogen-bond acceptors (Lipinski definition) is 2. The van der Waals surface area contributed by atoms with Gasteiger partial charge in [-0.25, -0.2) is 8.78 Å². The molecule has 0 amide bonds. The molecule has 0 N–H and O–H groups in total. The average molecular weight is 275 g/mol. The summed E-state index contributed by atoms with van der Waals surface area (Å²) in [5, 5.41) is 0. The van der Waals surface area contributed by atoms with Gasteiger partial charge in [-0.1, -0.05) is 30.3 Å². The Balaban J connectivity index is 2.00. The van der Waals surface area contributed by atoms with Crippen molar-refractivity contribution in [3.63, 3.8) is 0 Å². The van der Waals surface area contributed by atoms with Crippen molar-refractivity contribution in [3.05, 3.63) is 71.3 Å². The highest BCUT2D eigenvalue weighted by Crippen LogP contribution is 2.11. The highest BCUT2D eigenvalue weighted by atomic mass is 19.1. The third kappa shape index (κ3) is 3.71. The second-order valence-electron chi connectivity index (χ2n) is 4.71. The molecular weight excluding hydrogens is 260 g/mol. The highest BCUT2D eigenvalue weighted by Gasteiger charge is 2.14. The topological polar surface area (TPSA) is 20.3 Å². The Bertz CT molecular complexity index is 599. The Morgan fingerprint density at radius 1 is 1.10 bits per heavy atom. The number of ketones is 1. The predicted octanol–water partition coefficient (Wildman–Crippen LogP) is 3.28. The molecule has 0 saturated carbocycles. The van der Waals surface area contributed by atoms with E-state index in [1.54, 1.807) is 11.9 Å². The number of carbonyl (C=O) groups is 1. The minimum Gasteiger partial charge on any atom is -0.295 e. The second kappa shape index (κ2) is 6.39. The molecule has 2 aromatic carbocycles. The third-order valence-electron chi connectivity index (χ3n) is 2.94. The molecule has 2 aromatic rings. The molecule has 0 fully saturated rings. The lowest BCUT2D eigenvalue weighted by Crippen LogP contribution is -2.26. The van der Waals surface area contributed by atoms with E-state index in [1.165, 1.54) is 6.07 Å². The standard InChI is InChI=1S/C16H15F2NO/c1-19(10-12-5-3-2-4-6-12)11-16(20)14-8-7-13(17)9-15(14)18/h2-9H,10-11H2,1H3. The van der Waals surface area contributed by atoms with Crippen molar-refractivity contribution in [2.45, 2.75) is 6.54 Å². The molecule has 0 atom stereocenters. The Hall–Kier alpha value is -2.07. The lowest BCUT2D eigenvalue weighted by Gasteiger charge is -2.16. The molecule has 0 heterocycles. The number of benzene rings is 2. The van der Waals surface area contributed by atoms with Crippen molar-refractivity contribution < 1.29 is 13.6 Å². The Kier molecular flexibility index (Phi) is 4.58. The van der Waals surface area contributed by atoms with Crippen molar-refractivity contribution in [1.29, 1.82) is 0 Å². The molecule has 104 valence electrons. The second-order valence-corrected chi connectivity index (χ2v) is 4.71. The van der Waals surface area contributed by atoms with Gasteiger partial charge in [0.1, 0.15) is 11.6 Å². The van der Waals surface area contributed by atoms with Crippen LogP contribution in [0.15, 0.2) is 48.5 Å². The van der Waals surface area contributed by atoms with Gasteiger partial charge in [0.15, 0.2) is 5.78 Å². The van der Waals surface area contributed by atoms with Crippen LogP contribution in [0.2, 0.25) is 0 Å². The zero-order valence-corrected chi connectivity index (χ0v) is 11.1. The maximum Gasteiger partial charge on any atom is 0.179 e. The number of carbonyl (C=O) groups excluding carboxylic acids is 1. The lowest BCUT2D eigenvalue weighted by molar-refractivity contribution is 0.0939. The number of nitrogens with zero attached hydrogens (tertiary/aromatic N) is 1. The van der Waals surface area contributed by atoms with Crippen LogP contribution >= 0.6 is 0 Å². The highest BCUT2D eigenvalue weighted by molar-refractivity contribution is 5.97. The van der Waals surface area contributed by atoms with Gasteiger partial charge in [-0.15, -0.1) is 0 Å². The molecule has 0 aliphatic carbocycles. The van der Waals surface area contributed by atoms with Crippen LogP contribution in [0.1, 0.15) is 15.9 Å². The number of hydrogen-bond donors (Lipinski definition) is 0. The molecule has 4 heteroatoms. The quantitative estimate of drug-likeness (QED) is 0.780. The average Bonchev–Trinajstić information content (AvgIpc) is 2.39. The zero-order chi connectivity index (χ0) is 14.5. The Morgan fingerprint density at radius 2 is 1.80 bits per heavy atom. The smallest absolute Gasteiger partial charge is 0.179 e. The van der Waals surface area contributed by atoms with Gasteiger partial charge >= 0.3 is 0 Å². The minimum absolute atomic E-state index is 0.0775. The summed E-state index contributed by atoms with van der Waals surface area (Å²) in [7, 11) is 1.78. The molecular formula is C16H15F2NO. The summed E-state index contributed by atoms with van der Waals surface area (Å²) in [6.45, 7) is 0.673. The maximum absolute atomic E-state index is 13.5. The monoisotopic (exact) mass is 275 g/mol. The van der Waals surface area contributed by atoms with Gasteiger partial charge in [-0.3, -0.25) is 9.69 Å². The van der Waals surface area contributed by atoms with Gasteiger partial charge in [-0.2, -0.15) is 0 Å². The number of likely N-dealkylation sites (N-methyl/N-ethyl adjacent to an activating group) is 1. The SMILES string of the molecule is CN(CC(=O)c1ccc(F)cc1F)Cc1ccccc1. The summed E-state index contributed by atoms with van der Waals surface area (Å²) in [4.78, 5) is 13.8. The molecule has 0 spiro atoms. The van der Waals surface area contributed by atoms with Gasteiger partial charge in [0.05, 0.1) is 12.1 Å². The molecule has 20 heavy (non-hydrogen) atoms. The van der Waals surface area contributed by atoms with Gasteiger partial charge < -0.3 is 0 Å². The molecule has 0 aromatic heterocycles. The van der Waals surface area contributed by atoms with Crippen LogP contribution in [0.4, 0.5) is 8.78 Å². The molecule has 0 radical (unpaired) electrons. The van der Waals surface area contributed by atoms with Crippen molar-refractivity contribution in [2.75, 3.05) is 13.6 Å². The third-order valence-corrected chi connectivity index (χ3v) is 2.94. The summed E-state index contributed by atoms with van der Waals surface area (Å²) in [5.41, 5.74) is 0.994. The van der Waals surface area contributed by atoms with Crippen molar-refractivity contribution in [3.8, 4) is 0 Å². The molecule has 0 aliphatic rings. The first-order chi connectivity index (χ1) is 9.56. The van der Waals surface area contributed by atoms with Crippen LogP contribution in [-0.2, 0) is 6.54 Å². The molecule has 0 bridgehead atoms. The van der Waals surface area contributed by atoms with Crippen LogP contribution in [-0.4, -0.2) is 24.3 Å². The van der Waals surface area contributed by atoms with E-state index in [0.717, 1.165) is 17.7 Å². The van der Waals surface area contributed by atoms with Gasteiger partial charge in [0, 0.05) is 12.6 Å². The lowest BCUT2D eigenvalue weighted by atomic mass is 10.1. The van der Waals surface area contributed by atoms with Crippen molar-refractivity contribution >= 4 is 5.78 Å². The Labute approximate surface area is 116 Å². The van der Waals surface area contributed by atoms with Crippen LogP contribution in [0.25, 0.3) is 0 Å². The summed E-state index contributed by atoms with van der Waals surface area (Å²) in [6.07, 6.45) is 0. The molecule has 0 aliphatic heterocycles. The van der Waals surface area contributed by atoms with Crippen molar-refractivity contribution in [2.24, 2.45) is 0 Å². The summed E-state index contributed by atoms with van der Waals surface area (Å²) in [5.74, 6) is -1.86. The Morgan fingerprint density at radius 3 is 2.45 bits per heavy atom. The van der Waals surface area contributed by atoms with E-state index in [1.807, 2.05) is 30.3 Å². The minimum atomic E-state index is -0.817. The predicted molar refractivity (Wildman–Crippen MR) is 73.5 cm³/mol. The van der Waals surface area contributed by atoms with Crippen LogP contribution < -0.4 is 0 Å². The molecule has 0 saturated heterocycles. The van der Waals surface area contributed by atoms with Crippen molar-refractivity contribution in [1.82, 2.24) is 4.90 Å². The van der Waals surface area contributed by atoms with Gasteiger partial charge in [-0.05, 0) is 24.7 Å². The van der Waals surface area contributed by atoms with E-state index < -0.39 is 11.6 Å². The van der Waals surface area contributed by atoms with E-state index in [2.05, 4.69) is 0 Å². The van der Waals surface area contributed by atoms with E-state index >= 15 is 0 Å². The largest absolute Gasteiger partial charge is 0.295 e. The fourth-order valence-corrected chi connectivity index (χ4v) is 2.00. The van der Waals surface area contributed by atoms with Crippen LogP contribution in [0.5, 0.6) is 0 Å². The fraction of sp³-hybridized carbons (Fsp3) is 0.188. The molecule has 2 nitrogen and oxygen atoms in total. The van der Waals surface area contributed by atoms with E-state index in [0.29, 0.717) is 6.54 Å². The zero-order valence-electron chi connectivity index (χ0n) is 11.1. The maximum atomic E-state index is 13.5. The first-order valence-corrected chi connectivity index (χ1v) is 6.27. The van der Waals surface area contributed by atoms with Gasteiger partial charge in [0.2, 0.25) is 0 Å². The summed E-state index contributed by atoms with van der Waals surface area (Å²) >= 11 is 0. The van der Waals surface area contributed by atoms with Crippen LogP contribution in [0, 0.1) is 11.6 Å². The van der Waals surface area contributed by atoms with Crippen LogP contribution in [0.3, 0.4) is 0 Å². The number of Topliss-reactive ketones (excluding diaryl/α,β-unsaturated/α-hetero) is 1. The summed E-state index contributed by atoms with van der Waals surface area (Å²) in [6, 6.07) is 12.7. The first kappa shape index (κ1) is 14.3. The molecule has 2 rings (SSSR count). The van der Waals surface area contributed by atoms with E-state index in [9.17, 15) is 13.6 Å². The first-order valence-electron chi connectivity index (χ1n) is 6.27. The van der Waals surface area contributed by atoms with Gasteiger partial charge in [0.25, 0.3) is 0 Å². The number of halogens is 2. The van der Waals surface area contributed by atoms with E-state index in [-0.39, 0.29) is 17.9 Å². The number of rotatable bonds is 5. The fourth-order valence-electron chi connectivity index (χ4n) is 2.00. The normalized spacial score (nSPS) is 10.8.